The zero-order chi connectivity index (χ0) is 23.6. The first-order chi connectivity index (χ1) is 15.9. The van der Waals surface area contributed by atoms with Crippen LogP contribution in [-0.2, 0) is 25.0 Å². The third-order valence-corrected chi connectivity index (χ3v) is 8.98. The van der Waals surface area contributed by atoms with E-state index in [1.807, 2.05) is 6.92 Å². The zero-order valence-electron chi connectivity index (χ0n) is 17.3. The van der Waals surface area contributed by atoms with Crippen molar-refractivity contribution in [3.8, 4) is 0 Å². The molecule has 0 saturated carbocycles. The zero-order valence-corrected chi connectivity index (χ0v) is 20.6. The number of carbonyl (C=O) groups is 3. The number of aromatic nitrogens is 6. The summed E-state index contributed by atoms with van der Waals surface area (Å²) in [6.45, 7) is 1.84. The SMILES string of the molecule is COC1(NC(=O)CSCn2ncnn2)C(=O)N2C(C(=O)O)=C(CSc3nnc(C)s3)CSC21. The number of ether oxygens (including phenoxy) is 1. The van der Waals surface area contributed by atoms with Crippen LogP contribution in [0.4, 0.5) is 0 Å². The molecule has 13 nitrogen and oxygen atoms in total. The number of carboxylic acid groups (broad SMARTS) is 1. The van der Waals surface area contributed by atoms with Gasteiger partial charge in [-0.25, -0.2) is 4.79 Å². The van der Waals surface area contributed by atoms with Crippen LogP contribution in [0, 0.1) is 6.92 Å². The number of β-lactam (4-membered cyclic amide) rings is 1. The summed E-state index contributed by atoms with van der Waals surface area (Å²) in [7, 11) is 1.32. The van der Waals surface area contributed by atoms with Crippen LogP contribution in [0.25, 0.3) is 0 Å². The van der Waals surface area contributed by atoms with Gasteiger partial charge in [-0.15, -0.1) is 43.9 Å². The van der Waals surface area contributed by atoms with Crippen molar-refractivity contribution < 1.29 is 24.2 Å². The molecule has 0 bridgehead atoms. The topological polar surface area (TPSA) is 165 Å². The maximum atomic E-state index is 13.1. The standard InChI is InChI=1S/C16H18N8O5S4/c1-8-20-21-15(33-8)32-4-9-3-31-14-16(29-2,13(28)24(14)11(9)12(26)27)19-10(25)5-30-7-23-18-6-17-22-23/h6,14H,3-5,7H2,1-2H3,(H,19,25)(H,26,27). The van der Waals surface area contributed by atoms with Crippen molar-refractivity contribution in [3.05, 3.63) is 22.6 Å². The summed E-state index contributed by atoms with van der Waals surface area (Å²) in [4.78, 5) is 40.1. The highest BCUT2D eigenvalue weighted by Crippen LogP contribution is 2.47. The van der Waals surface area contributed by atoms with Crippen molar-refractivity contribution in [3.63, 3.8) is 0 Å². The smallest absolute Gasteiger partial charge is 0.352 e. The number of aryl methyl sites for hydroxylation is 1. The second-order valence-electron chi connectivity index (χ2n) is 6.75. The molecule has 0 radical (unpaired) electrons. The van der Waals surface area contributed by atoms with Crippen molar-refractivity contribution in [2.24, 2.45) is 0 Å². The molecule has 2 aromatic rings. The minimum Gasteiger partial charge on any atom is -0.477 e. The van der Waals surface area contributed by atoms with E-state index in [1.54, 1.807) is 0 Å². The Labute approximate surface area is 204 Å². The highest BCUT2D eigenvalue weighted by molar-refractivity contribution is 8.02. The van der Waals surface area contributed by atoms with Gasteiger partial charge in [0.15, 0.2) is 10.7 Å². The van der Waals surface area contributed by atoms with E-state index in [-0.39, 0.29) is 11.4 Å². The first kappa shape index (κ1) is 23.9. The summed E-state index contributed by atoms with van der Waals surface area (Å²) >= 11 is 5.36. The second-order valence-corrected chi connectivity index (χ2v) is 11.2. The van der Waals surface area contributed by atoms with Gasteiger partial charge in [-0.2, -0.15) is 4.80 Å². The van der Waals surface area contributed by atoms with Crippen LogP contribution in [-0.4, -0.2) is 93.7 Å². The molecule has 2 aliphatic rings. The maximum absolute atomic E-state index is 13.1. The predicted octanol–water partition coefficient (Wildman–Crippen LogP) is 0.0287. The Morgan fingerprint density at radius 1 is 1.42 bits per heavy atom. The Morgan fingerprint density at radius 3 is 2.88 bits per heavy atom. The Bertz CT molecular complexity index is 1090. The second kappa shape index (κ2) is 9.96. The van der Waals surface area contributed by atoms with Crippen LogP contribution in [0.15, 0.2) is 21.9 Å². The molecule has 2 N–H and O–H groups in total. The molecule has 176 valence electrons. The summed E-state index contributed by atoms with van der Waals surface area (Å²) < 4.78 is 6.17. The summed E-state index contributed by atoms with van der Waals surface area (Å²) in [5.41, 5.74) is -1.10. The number of hydrogen-bond acceptors (Lipinski definition) is 13. The van der Waals surface area contributed by atoms with Crippen LogP contribution in [0.3, 0.4) is 0 Å². The molecule has 0 aliphatic carbocycles. The molecule has 0 spiro atoms. The van der Waals surface area contributed by atoms with Gasteiger partial charge in [0.25, 0.3) is 11.6 Å². The molecule has 2 amide bonds. The number of thioether (sulfide) groups is 3. The number of rotatable bonds is 10. The molecule has 4 heterocycles. The van der Waals surface area contributed by atoms with Crippen molar-refractivity contribution in [2.45, 2.75) is 28.2 Å². The Hall–Kier alpha value is -2.21. The number of amides is 2. The first-order valence-corrected chi connectivity index (χ1v) is 13.3. The number of nitrogens with one attached hydrogen (secondary N) is 1. The lowest BCUT2D eigenvalue weighted by Gasteiger charge is -2.55. The number of carboxylic acids is 1. The van der Waals surface area contributed by atoms with Crippen LogP contribution in [0.1, 0.15) is 5.01 Å². The van der Waals surface area contributed by atoms with Gasteiger partial charge >= 0.3 is 5.97 Å². The molecule has 2 aromatic heterocycles. The minimum atomic E-state index is -1.62. The van der Waals surface area contributed by atoms with E-state index in [4.69, 9.17) is 4.74 Å². The summed E-state index contributed by atoms with van der Waals surface area (Å²) in [6, 6.07) is 0. The van der Waals surface area contributed by atoms with E-state index in [0.29, 0.717) is 23.0 Å². The fourth-order valence-electron chi connectivity index (χ4n) is 3.25. The quantitative estimate of drug-likeness (QED) is 0.240. The number of hydrogen-bond donors (Lipinski definition) is 2. The number of aliphatic carboxylic acids is 1. The average Bonchev–Trinajstić information content (AvgIpc) is 3.46. The number of tetrazole rings is 1. The van der Waals surface area contributed by atoms with Crippen molar-refractivity contribution >= 4 is 64.4 Å². The van der Waals surface area contributed by atoms with E-state index < -0.39 is 28.9 Å². The van der Waals surface area contributed by atoms with Crippen LogP contribution >= 0.6 is 46.6 Å². The van der Waals surface area contributed by atoms with E-state index in [2.05, 4.69) is 30.9 Å². The van der Waals surface area contributed by atoms with Gasteiger partial charge in [-0.1, -0.05) is 23.1 Å². The van der Waals surface area contributed by atoms with Crippen LogP contribution < -0.4 is 5.32 Å². The number of fused-ring (bicyclic) bond motifs is 1. The molecular formula is C16H18N8O5S4. The van der Waals surface area contributed by atoms with Crippen LogP contribution in [0.2, 0.25) is 0 Å². The van der Waals surface area contributed by atoms with E-state index in [9.17, 15) is 19.5 Å². The average molecular weight is 531 g/mol. The summed E-state index contributed by atoms with van der Waals surface area (Å²) in [5.74, 6) is -1.18. The van der Waals surface area contributed by atoms with Gasteiger partial charge in [0.05, 0.1) is 5.75 Å². The largest absolute Gasteiger partial charge is 0.477 e. The fraction of sp³-hybridized carbons (Fsp3) is 0.500. The van der Waals surface area contributed by atoms with Gasteiger partial charge in [0, 0.05) is 18.6 Å². The molecular weight excluding hydrogens is 512 g/mol. The van der Waals surface area contributed by atoms with Crippen molar-refractivity contribution in [1.82, 2.24) is 40.6 Å². The van der Waals surface area contributed by atoms with E-state index in [1.165, 1.54) is 69.8 Å². The minimum absolute atomic E-state index is 0.0299. The highest BCUT2D eigenvalue weighted by atomic mass is 32.2. The molecule has 0 aromatic carbocycles. The lowest BCUT2D eigenvalue weighted by Crippen LogP contribution is -2.80. The third-order valence-electron chi connectivity index (χ3n) is 4.67. The van der Waals surface area contributed by atoms with Gasteiger partial charge in [0.2, 0.25) is 5.91 Å². The van der Waals surface area contributed by atoms with E-state index >= 15 is 0 Å². The fourth-order valence-corrected chi connectivity index (χ4v) is 7.27. The number of carbonyl (C=O) groups excluding carboxylic acids is 2. The Kier molecular flexibility index (Phi) is 7.22. The molecule has 1 fully saturated rings. The molecule has 2 unspecified atom stereocenters. The highest BCUT2D eigenvalue weighted by Gasteiger charge is 2.66. The molecule has 2 atom stereocenters. The monoisotopic (exact) mass is 530 g/mol. The lowest BCUT2D eigenvalue weighted by molar-refractivity contribution is -0.192. The third kappa shape index (κ3) is 4.72. The van der Waals surface area contributed by atoms with Gasteiger partial charge in [-0.3, -0.25) is 14.5 Å². The van der Waals surface area contributed by atoms with Gasteiger partial charge in [0.1, 0.15) is 22.0 Å². The predicted molar refractivity (Wildman–Crippen MR) is 121 cm³/mol. The normalized spacial score (nSPS) is 22.2. The summed E-state index contributed by atoms with van der Waals surface area (Å²) in [5, 5.41) is 31.7. The number of methoxy groups -OCH3 is 1. The molecule has 33 heavy (non-hydrogen) atoms. The van der Waals surface area contributed by atoms with Crippen LogP contribution in [0.5, 0.6) is 0 Å². The number of nitrogens with zero attached hydrogens (tertiary/aromatic N) is 7. The first-order valence-electron chi connectivity index (χ1n) is 9.34. The van der Waals surface area contributed by atoms with Gasteiger partial charge in [-0.05, 0) is 17.7 Å². The molecule has 4 rings (SSSR count). The van der Waals surface area contributed by atoms with Crippen molar-refractivity contribution in [2.75, 3.05) is 24.4 Å². The lowest BCUT2D eigenvalue weighted by atomic mass is 9.98. The maximum Gasteiger partial charge on any atom is 0.352 e. The molecule has 2 aliphatic heterocycles. The molecule has 17 heteroatoms. The van der Waals surface area contributed by atoms with Gasteiger partial charge < -0.3 is 15.2 Å². The summed E-state index contributed by atoms with van der Waals surface area (Å²) in [6.07, 6.45) is 1.29. The van der Waals surface area contributed by atoms with Crippen molar-refractivity contribution in [1.29, 1.82) is 0 Å². The Morgan fingerprint density at radius 2 is 2.24 bits per heavy atom. The van der Waals surface area contributed by atoms with E-state index in [0.717, 1.165) is 9.35 Å². The Balaban J connectivity index is 1.43. The molecule has 1 saturated heterocycles.